The molecule has 1 aliphatic rings. The predicted molar refractivity (Wildman–Crippen MR) is 70.6 cm³/mol. The van der Waals surface area contributed by atoms with Crippen LogP contribution in [0.5, 0.6) is 5.75 Å². The predicted octanol–water partition coefficient (Wildman–Crippen LogP) is 3.13. The molecule has 2 N–H and O–H groups in total. The van der Waals surface area contributed by atoms with Crippen molar-refractivity contribution in [3.05, 3.63) is 33.8 Å². The first-order valence-electron chi connectivity index (χ1n) is 5.40. The molecule has 3 heteroatoms. The summed E-state index contributed by atoms with van der Waals surface area (Å²) in [6.45, 7) is 4.76. The second kappa shape index (κ2) is 4.22. The highest BCUT2D eigenvalue weighted by molar-refractivity contribution is 9.10. The molecule has 0 fully saturated rings. The van der Waals surface area contributed by atoms with E-state index in [9.17, 15) is 0 Å². The molecule has 0 atom stereocenters. The Morgan fingerprint density at radius 3 is 2.94 bits per heavy atom. The highest BCUT2D eigenvalue weighted by Crippen LogP contribution is 2.40. The van der Waals surface area contributed by atoms with E-state index < -0.39 is 0 Å². The SMILES string of the molecule is CC1(C)Cc2cc(Br)cc(/C=C/CN)c2O1. The molecule has 0 radical (unpaired) electrons. The van der Waals surface area contributed by atoms with Crippen LogP contribution in [0.2, 0.25) is 0 Å². The largest absolute Gasteiger partial charge is 0.487 e. The van der Waals surface area contributed by atoms with Gasteiger partial charge in [-0.15, -0.1) is 0 Å². The summed E-state index contributed by atoms with van der Waals surface area (Å²) in [6.07, 6.45) is 4.91. The number of nitrogens with two attached hydrogens (primary N) is 1. The van der Waals surface area contributed by atoms with E-state index in [1.54, 1.807) is 0 Å². The first-order chi connectivity index (χ1) is 7.52. The molecule has 0 aromatic heterocycles. The van der Waals surface area contributed by atoms with Crippen LogP contribution >= 0.6 is 15.9 Å². The highest BCUT2D eigenvalue weighted by Gasteiger charge is 2.31. The van der Waals surface area contributed by atoms with E-state index in [2.05, 4.69) is 41.9 Å². The van der Waals surface area contributed by atoms with Gasteiger partial charge in [-0.05, 0) is 31.5 Å². The van der Waals surface area contributed by atoms with Crippen LogP contribution in [0, 0.1) is 0 Å². The van der Waals surface area contributed by atoms with Crippen LogP contribution in [0.1, 0.15) is 25.0 Å². The molecule has 0 saturated heterocycles. The van der Waals surface area contributed by atoms with Gasteiger partial charge in [0.2, 0.25) is 0 Å². The van der Waals surface area contributed by atoms with Crippen LogP contribution in [0.15, 0.2) is 22.7 Å². The van der Waals surface area contributed by atoms with Crippen LogP contribution in [0.3, 0.4) is 0 Å². The summed E-state index contributed by atoms with van der Waals surface area (Å²) in [5.41, 5.74) is 7.73. The summed E-state index contributed by atoms with van der Waals surface area (Å²) >= 11 is 3.52. The molecule has 0 saturated carbocycles. The molecule has 86 valence electrons. The van der Waals surface area contributed by atoms with Gasteiger partial charge in [-0.3, -0.25) is 0 Å². The van der Waals surface area contributed by atoms with Gasteiger partial charge in [-0.2, -0.15) is 0 Å². The van der Waals surface area contributed by atoms with Crippen molar-refractivity contribution in [1.29, 1.82) is 0 Å². The summed E-state index contributed by atoms with van der Waals surface area (Å²) in [5, 5.41) is 0. The zero-order chi connectivity index (χ0) is 11.8. The molecule has 0 bridgehead atoms. The number of hydrogen-bond acceptors (Lipinski definition) is 2. The molecular weight excluding hydrogens is 266 g/mol. The van der Waals surface area contributed by atoms with Gasteiger partial charge >= 0.3 is 0 Å². The summed E-state index contributed by atoms with van der Waals surface area (Å²) in [7, 11) is 0. The average molecular weight is 282 g/mol. The lowest BCUT2D eigenvalue weighted by molar-refractivity contribution is 0.138. The zero-order valence-corrected chi connectivity index (χ0v) is 11.2. The maximum Gasteiger partial charge on any atom is 0.130 e. The molecular formula is C13H16BrNO. The molecule has 0 amide bonds. The van der Waals surface area contributed by atoms with Crippen LogP contribution in [-0.2, 0) is 6.42 Å². The molecule has 1 aliphatic heterocycles. The lowest BCUT2D eigenvalue weighted by Gasteiger charge is -2.17. The summed E-state index contributed by atoms with van der Waals surface area (Å²) in [6, 6.07) is 4.19. The zero-order valence-electron chi connectivity index (χ0n) is 9.59. The summed E-state index contributed by atoms with van der Waals surface area (Å²) in [5.74, 6) is 0.998. The number of halogens is 1. The van der Waals surface area contributed by atoms with Crippen molar-refractivity contribution < 1.29 is 4.74 Å². The van der Waals surface area contributed by atoms with E-state index in [1.807, 2.05) is 12.2 Å². The van der Waals surface area contributed by atoms with E-state index in [-0.39, 0.29) is 5.60 Å². The molecule has 2 rings (SSSR count). The molecule has 16 heavy (non-hydrogen) atoms. The Bertz CT molecular complexity index is 438. The van der Waals surface area contributed by atoms with Gasteiger partial charge in [-0.1, -0.05) is 28.1 Å². The fourth-order valence-corrected chi connectivity index (χ4v) is 2.54. The van der Waals surface area contributed by atoms with Gasteiger partial charge in [0.15, 0.2) is 0 Å². The van der Waals surface area contributed by atoms with Crippen LogP contribution in [0.25, 0.3) is 6.08 Å². The minimum absolute atomic E-state index is 0.103. The molecule has 1 heterocycles. The van der Waals surface area contributed by atoms with Crippen LogP contribution in [-0.4, -0.2) is 12.1 Å². The van der Waals surface area contributed by atoms with Crippen molar-refractivity contribution in [3.8, 4) is 5.75 Å². The van der Waals surface area contributed by atoms with Gasteiger partial charge in [-0.25, -0.2) is 0 Å². The normalized spacial score (nSPS) is 17.5. The smallest absolute Gasteiger partial charge is 0.130 e. The van der Waals surface area contributed by atoms with Gasteiger partial charge in [0.05, 0.1) is 0 Å². The quantitative estimate of drug-likeness (QED) is 0.904. The van der Waals surface area contributed by atoms with E-state index in [4.69, 9.17) is 10.5 Å². The van der Waals surface area contributed by atoms with Gasteiger partial charge in [0.25, 0.3) is 0 Å². The van der Waals surface area contributed by atoms with Crippen molar-refractivity contribution >= 4 is 22.0 Å². The van der Waals surface area contributed by atoms with Crippen molar-refractivity contribution in [3.63, 3.8) is 0 Å². The Kier molecular flexibility index (Phi) is 3.08. The third kappa shape index (κ3) is 2.30. The Labute approximate surface area is 105 Å². The van der Waals surface area contributed by atoms with E-state index >= 15 is 0 Å². The van der Waals surface area contributed by atoms with Crippen LogP contribution < -0.4 is 10.5 Å². The monoisotopic (exact) mass is 281 g/mol. The number of fused-ring (bicyclic) bond motifs is 1. The van der Waals surface area contributed by atoms with Gasteiger partial charge in [0.1, 0.15) is 11.4 Å². The van der Waals surface area contributed by atoms with E-state index in [0.29, 0.717) is 6.54 Å². The topological polar surface area (TPSA) is 35.2 Å². The first kappa shape index (κ1) is 11.7. The maximum atomic E-state index is 5.96. The number of ether oxygens (including phenoxy) is 1. The number of hydrogen-bond donors (Lipinski definition) is 1. The maximum absolute atomic E-state index is 5.96. The molecule has 1 aromatic carbocycles. The lowest BCUT2D eigenvalue weighted by Crippen LogP contribution is -2.24. The lowest BCUT2D eigenvalue weighted by atomic mass is 10.0. The average Bonchev–Trinajstić information content (AvgIpc) is 2.48. The molecule has 1 aromatic rings. The molecule has 0 aliphatic carbocycles. The first-order valence-corrected chi connectivity index (χ1v) is 6.19. The van der Waals surface area contributed by atoms with Gasteiger partial charge < -0.3 is 10.5 Å². The van der Waals surface area contributed by atoms with Gasteiger partial charge in [0, 0.05) is 23.0 Å². The highest BCUT2D eigenvalue weighted by atomic mass is 79.9. The van der Waals surface area contributed by atoms with E-state index in [0.717, 1.165) is 22.2 Å². The standard InChI is InChI=1S/C13H16BrNO/c1-13(2)8-10-7-11(14)6-9(4-3-5-15)12(10)16-13/h3-4,6-7H,5,8,15H2,1-2H3/b4-3+. The third-order valence-electron chi connectivity index (χ3n) is 2.59. The Balaban J connectivity index is 2.45. The van der Waals surface area contributed by atoms with E-state index in [1.165, 1.54) is 5.56 Å². The Morgan fingerprint density at radius 1 is 1.50 bits per heavy atom. The molecule has 0 unspecified atom stereocenters. The molecule has 2 nitrogen and oxygen atoms in total. The van der Waals surface area contributed by atoms with Crippen LogP contribution in [0.4, 0.5) is 0 Å². The minimum atomic E-state index is -0.103. The van der Waals surface area contributed by atoms with Crippen molar-refractivity contribution in [2.24, 2.45) is 5.73 Å². The Morgan fingerprint density at radius 2 is 2.25 bits per heavy atom. The van der Waals surface area contributed by atoms with Crippen molar-refractivity contribution in [1.82, 2.24) is 0 Å². The second-order valence-electron chi connectivity index (χ2n) is 4.66. The number of rotatable bonds is 2. The Hall–Kier alpha value is -0.800. The molecule has 0 spiro atoms. The summed E-state index contributed by atoms with van der Waals surface area (Å²) in [4.78, 5) is 0. The fraction of sp³-hybridized carbons (Fsp3) is 0.385. The fourth-order valence-electron chi connectivity index (χ4n) is 2.02. The van der Waals surface area contributed by atoms with Crippen molar-refractivity contribution in [2.75, 3.05) is 6.54 Å². The van der Waals surface area contributed by atoms with Crippen molar-refractivity contribution in [2.45, 2.75) is 25.9 Å². The minimum Gasteiger partial charge on any atom is -0.487 e. The second-order valence-corrected chi connectivity index (χ2v) is 5.58. The third-order valence-corrected chi connectivity index (χ3v) is 3.05. The number of benzene rings is 1. The summed E-state index contributed by atoms with van der Waals surface area (Å²) < 4.78 is 7.05.